The standard InChI is InChI=1S/C27H20BrN/c1-27(2)24-15-18(28)8-10-21(24)22-11-9-19(16-25(22)27)29-14-13-23-20-6-4-3-5-17(20)7-12-26(23)29/h3-16H,1-2H3. The molecule has 1 aliphatic carbocycles. The van der Waals surface area contributed by atoms with Crippen LogP contribution >= 0.6 is 15.9 Å². The van der Waals surface area contributed by atoms with Gasteiger partial charge in [-0.1, -0.05) is 72.2 Å². The van der Waals surface area contributed by atoms with Gasteiger partial charge in [-0.15, -0.1) is 0 Å². The second-order valence-corrected chi connectivity index (χ2v) is 9.37. The first-order chi connectivity index (χ1) is 14.0. The third kappa shape index (κ3) is 2.33. The molecule has 5 aromatic rings. The summed E-state index contributed by atoms with van der Waals surface area (Å²) in [5.74, 6) is 0. The molecule has 0 amide bonds. The van der Waals surface area contributed by atoms with Crippen LogP contribution in [-0.4, -0.2) is 4.57 Å². The van der Waals surface area contributed by atoms with Crippen LogP contribution in [0.4, 0.5) is 0 Å². The number of rotatable bonds is 1. The first-order valence-corrected chi connectivity index (χ1v) is 10.8. The van der Waals surface area contributed by atoms with Crippen LogP contribution in [0.3, 0.4) is 0 Å². The Balaban J connectivity index is 1.57. The lowest BCUT2D eigenvalue weighted by molar-refractivity contribution is 0.659. The lowest BCUT2D eigenvalue weighted by Crippen LogP contribution is -2.15. The van der Waals surface area contributed by atoms with E-state index in [1.807, 2.05) is 0 Å². The maximum absolute atomic E-state index is 3.65. The van der Waals surface area contributed by atoms with Crippen molar-refractivity contribution in [3.8, 4) is 16.8 Å². The van der Waals surface area contributed by atoms with Gasteiger partial charge in [0.15, 0.2) is 0 Å². The average molecular weight is 438 g/mol. The second kappa shape index (κ2) is 5.84. The molecule has 1 nitrogen and oxygen atoms in total. The van der Waals surface area contributed by atoms with Crippen LogP contribution in [0.2, 0.25) is 0 Å². The Bertz CT molecular complexity index is 1440. The third-order valence-electron chi connectivity index (χ3n) is 6.50. The summed E-state index contributed by atoms with van der Waals surface area (Å²) in [6.45, 7) is 4.66. The molecule has 4 aromatic carbocycles. The smallest absolute Gasteiger partial charge is 0.0534 e. The van der Waals surface area contributed by atoms with Crippen LogP contribution in [0.1, 0.15) is 25.0 Å². The van der Waals surface area contributed by atoms with Gasteiger partial charge >= 0.3 is 0 Å². The van der Waals surface area contributed by atoms with Crippen LogP contribution in [0.25, 0.3) is 38.5 Å². The molecule has 1 aromatic heterocycles. The van der Waals surface area contributed by atoms with Crippen molar-refractivity contribution in [1.82, 2.24) is 4.57 Å². The zero-order chi connectivity index (χ0) is 19.8. The van der Waals surface area contributed by atoms with Crippen LogP contribution in [0.15, 0.2) is 89.5 Å². The van der Waals surface area contributed by atoms with Crippen LogP contribution in [0, 0.1) is 0 Å². The Morgan fingerprint density at radius 3 is 2.34 bits per heavy atom. The number of benzene rings is 4. The highest BCUT2D eigenvalue weighted by molar-refractivity contribution is 9.10. The SMILES string of the molecule is CC1(C)c2cc(Br)ccc2-c2ccc(-n3ccc4c5ccccc5ccc43)cc21. The van der Waals surface area contributed by atoms with Gasteiger partial charge in [0.05, 0.1) is 5.52 Å². The maximum Gasteiger partial charge on any atom is 0.0534 e. The molecule has 0 radical (unpaired) electrons. The molecule has 29 heavy (non-hydrogen) atoms. The van der Waals surface area contributed by atoms with Gasteiger partial charge in [0.25, 0.3) is 0 Å². The van der Waals surface area contributed by atoms with Gasteiger partial charge in [-0.3, -0.25) is 0 Å². The highest BCUT2D eigenvalue weighted by Gasteiger charge is 2.35. The fourth-order valence-corrected chi connectivity index (χ4v) is 5.33. The normalized spacial score (nSPS) is 14.3. The molecule has 0 saturated carbocycles. The Labute approximate surface area is 178 Å². The molecule has 140 valence electrons. The molecule has 1 aliphatic rings. The number of nitrogens with zero attached hydrogens (tertiary/aromatic N) is 1. The Morgan fingerprint density at radius 1 is 0.724 bits per heavy atom. The summed E-state index contributed by atoms with van der Waals surface area (Å²) in [4.78, 5) is 0. The van der Waals surface area contributed by atoms with Gasteiger partial charge in [-0.05, 0) is 69.4 Å². The zero-order valence-electron chi connectivity index (χ0n) is 16.4. The summed E-state index contributed by atoms with van der Waals surface area (Å²) in [6, 6.07) is 28.9. The van der Waals surface area contributed by atoms with E-state index in [1.165, 1.54) is 49.6 Å². The molecule has 1 heterocycles. The lowest BCUT2D eigenvalue weighted by Gasteiger charge is -2.22. The molecule has 0 bridgehead atoms. The predicted molar refractivity (Wildman–Crippen MR) is 126 cm³/mol. The molecule has 2 heteroatoms. The molecule has 0 N–H and O–H groups in total. The van der Waals surface area contributed by atoms with Crippen LogP contribution in [0.5, 0.6) is 0 Å². The van der Waals surface area contributed by atoms with Crippen molar-refractivity contribution in [2.24, 2.45) is 0 Å². The van der Waals surface area contributed by atoms with Crippen molar-refractivity contribution in [3.05, 3.63) is 101 Å². The molecular formula is C27H20BrN. The van der Waals surface area contributed by atoms with Crippen molar-refractivity contribution in [1.29, 1.82) is 0 Å². The van der Waals surface area contributed by atoms with E-state index < -0.39 is 0 Å². The number of hydrogen-bond donors (Lipinski definition) is 0. The topological polar surface area (TPSA) is 4.93 Å². The van der Waals surface area contributed by atoms with Crippen molar-refractivity contribution >= 4 is 37.6 Å². The minimum Gasteiger partial charge on any atom is -0.317 e. The van der Waals surface area contributed by atoms with Gasteiger partial charge in [0, 0.05) is 27.2 Å². The molecule has 6 rings (SSSR count). The molecule has 0 aliphatic heterocycles. The van der Waals surface area contributed by atoms with E-state index in [-0.39, 0.29) is 5.41 Å². The van der Waals surface area contributed by atoms with E-state index in [0.29, 0.717) is 0 Å². The Morgan fingerprint density at radius 2 is 1.48 bits per heavy atom. The van der Waals surface area contributed by atoms with Gasteiger partial charge < -0.3 is 4.57 Å². The van der Waals surface area contributed by atoms with Gasteiger partial charge in [0.2, 0.25) is 0 Å². The highest BCUT2D eigenvalue weighted by atomic mass is 79.9. The van der Waals surface area contributed by atoms with Crippen molar-refractivity contribution in [3.63, 3.8) is 0 Å². The highest BCUT2D eigenvalue weighted by Crippen LogP contribution is 2.50. The molecule has 0 spiro atoms. The van der Waals surface area contributed by atoms with E-state index in [1.54, 1.807) is 0 Å². The summed E-state index contributed by atoms with van der Waals surface area (Å²) in [6.07, 6.45) is 2.20. The Kier molecular flexibility index (Phi) is 3.43. The lowest BCUT2D eigenvalue weighted by atomic mass is 9.82. The monoisotopic (exact) mass is 437 g/mol. The molecule has 0 saturated heterocycles. The fraction of sp³-hybridized carbons (Fsp3) is 0.111. The molecule has 0 fully saturated rings. The van der Waals surface area contributed by atoms with Gasteiger partial charge in [-0.2, -0.15) is 0 Å². The fourth-order valence-electron chi connectivity index (χ4n) is 4.97. The van der Waals surface area contributed by atoms with Crippen LogP contribution in [-0.2, 0) is 5.41 Å². The van der Waals surface area contributed by atoms with Crippen LogP contribution < -0.4 is 0 Å². The second-order valence-electron chi connectivity index (χ2n) is 8.45. The van der Waals surface area contributed by atoms with Crippen molar-refractivity contribution < 1.29 is 0 Å². The van der Waals surface area contributed by atoms with E-state index in [2.05, 4.69) is 119 Å². The van der Waals surface area contributed by atoms with E-state index in [0.717, 1.165) is 4.47 Å². The van der Waals surface area contributed by atoms with E-state index in [4.69, 9.17) is 0 Å². The van der Waals surface area contributed by atoms with E-state index >= 15 is 0 Å². The predicted octanol–water partition coefficient (Wildman–Crippen LogP) is 7.85. The number of aromatic nitrogens is 1. The largest absolute Gasteiger partial charge is 0.317 e. The maximum atomic E-state index is 3.65. The minimum atomic E-state index is -0.0138. The molecule has 0 atom stereocenters. The zero-order valence-corrected chi connectivity index (χ0v) is 18.0. The number of hydrogen-bond acceptors (Lipinski definition) is 0. The summed E-state index contributed by atoms with van der Waals surface area (Å²) in [7, 11) is 0. The van der Waals surface area contributed by atoms with Gasteiger partial charge in [0.1, 0.15) is 0 Å². The number of fused-ring (bicyclic) bond motifs is 6. The summed E-state index contributed by atoms with van der Waals surface area (Å²) < 4.78 is 3.46. The Hall–Kier alpha value is -2.84. The molecular weight excluding hydrogens is 418 g/mol. The quantitative estimate of drug-likeness (QED) is 0.251. The third-order valence-corrected chi connectivity index (χ3v) is 6.99. The first kappa shape index (κ1) is 17.1. The van der Waals surface area contributed by atoms with Crippen molar-refractivity contribution in [2.75, 3.05) is 0 Å². The molecule has 0 unspecified atom stereocenters. The summed E-state index contributed by atoms with van der Waals surface area (Å²) >= 11 is 3.65. The first-order valence-electron chi connectivity index (χ1n) is 9.98. The summed E-state index contributed by atoms with van der Waals surface area (Å²) in [5, 5.41) is 3.89. The van der Waals surface area contributed by atoms with Crippen molar-refractivity contribution in [2.45, 2.75) is 19.3 Å². The summed E-state index contributed by atoms with van der Waals surface area (Å²) in [5.41, 5.74) is 7.94. The average Bonchev–Trinajstić information content (AvgIpc) is 3.26. The van der Waals surface area contributed by atoms with Gasteiger partial charge in [-0.25, -0.2) is 0 Å². The number of halogens is 1. The van der Waals surface area contributed by atoms with E-state index in [9.17, 15) is 0 Å². The minimum absolute atomic E-state index is 0.0138.